The number of nitrogens with zero attached hydrogens (tertiary/aromatic N) is 3. The van der Waals surface area contributed by atoms with Crippen LogP contribution < -0.4 is 0 Å². The summed E-state index contributed by atoms with van der Waals surface area (Å²) in [6.45, 7) is 6.77. The summed E-state index contributed by atoms with van der Waals surface area (Å²) in [7, 11) is 2.02. The number of amides is 1. The van der Waals surface area contributed by atoms with Crippen molar-refractivity contribution < 1.29 is 4.79 Å². The predicted octanol–water partition coefficient (Wildman–Crippen LogP) is 3.90. The Hall–Kier alpha value is -2.11. The van der Waals surface area contributed by atoms with Gasteiger partial charge in [-0.15, -0.1) is 11.3 Å². The van der Waals surface area contributed by atoms with Crippen LogP contribution in [0.2, 0.25) is 0 Å². The van der Waals surface area contributed by atoms with Crippen LogP contribution in [0.4, 0.5) is 0 Å². The Bertz CT molecular complexity index is 926. The number of carbonyl (C=O) groups excluding carboxylic acids is 1. The van der Waals surface area contributed by atoms with Crippen LogP contribution in [-0.2, 0) is 13.6 Å². The largest absolute Gasteiger partial charge is 0.351 e. The Morgan fingerprint density at radius 2 is 1.96 bits per heavy atom. The molecule has 3 aromatic rings. The monoisotopic (exact) mass is 367 g/mol. The van der Waals surface area contributed by atoms with Gasteiger partial charge in [0.2, 0.25) is 0 Å². The van der Waals surface area contributed by atoms with E-state index in [0.717, 1.165) is 55.6 Å². The van der Waals surface area contributed by atoms with Gasteiger partial charge in [0.15, 0.2) is 0 Å². The summed E-state index contributed by atoms with van der Waals surface area (Å²) >= 11 is 1.87. The third-order valence-corrected chi connectivity index (χ3v) is 6.19. The van der Waals surface area contributed by atoms with Crippen molar-refractivity contribution in [2.45, 2.75) is 19.9 Å². The van der Waals surface area contributed by atoms with Gasteiger partial charge in [-0.25, -0.2) is 0 Å². The van der Waals surface area contributed by atoms with Crippen LogP contribution in [0.3, 0.4) is 0 Å². The Morgan fingerprint density at radius 1 is 1.08 bits per heavy atom. The van der Waals surface area contributed by atoms with Crippen molar-refractivity contribution in [3.63, 3.8) is 0 Å². The normalized spacial score (nSPS) is 16.2. The lowest BCUT2D eigenvalue weighted by molar-refractivity contribution is 0.0763. The van der Waals surface area contributed by atoms with Crippen molar-refractivity contribution in [2.75, 3.05) is 26.2 Å². The molecule has 1 aliphatic rings. The van der Waals surface area contributed by atoms with Crippen molar-refractivity contribution in [3.05, 3.63) is 57.9 Å². The highest BCUT2D eigenvalue weighted by atomic mass is 32.1. The molecule has 0 saturated carbocycles. The van der Waals surface area contributed by atoms with Gasteiger partial charge in [-0.2, -0.15) is 0 Å². The maximum atomic E-state index is 13.1. The van der Waals surface area contributed by atoms with E-state index in [9.17, 15) is 4.79 Å². The van der Waals surface area contributed by atoms with Crippen LogP contribution >= 0.6 is 11.3 Å². The van der Waals surface area contributed by atoms with Gasteiger partial charge in [0.05, 0.1) is 0 Å². The van der Waals surface area contributed by atoms with E-state index < -0.39 is 0 Å². The molecule has 4 rings (SSSR count). The minimum absolute atomic E-state index is 0.163. The van der Waals surface area contributed by atoms with Crippen molar-refractivity contribution in [3.8, 4) is 0 Å². The molecule has 1 aromatic carbocycles. The second kappa shape index (κ2) is 7.25. The van der Waals surface area contributed by atoms with Gasteiger partial charge in [0.25, 0.3) is 5.91 Å². The van der Waals surface area contributed by atoms with Crippen LogP contribution in [0, 0.1) is 6.92 Å². The molecule has 2 aromatic heterocycles. The molecular weight excluding hydrogens is 342 g/mol. The number of carbonyl (C=O) groups is 1. The van der Waals surface area contributed by atoms with E-state index in [4.69, 9.17) is 0 Å². The molecule has 0 aliphatic carbocycles. The smallest absolute Gasteiger partial charge is 0.254 e. The van der Waals surface area contributed by atoms with Crippen LogP contribution in [0.1, 0.15) is 26.5 Å². The molecule has 0 spiro atoms. The molecule has 1 saturated heterocycles. The second-order valence-electron chi connectivity index (χ2n) is 7.10. The molecule has 0 bridgehead atoms. The molecule has 1 aliphatic heterocycles. The van der Waals surface area contributed by atoms with Gasteiger partial charge in [0.1, 0.15) is 0 Å². The third-order valence-electron chi connectivity index (χ3n) is 5.21. The maximum absolute atomic E-state index is 13.1. The third kappa shape index (κ3) is 3.41. The van der Waals surface area contributed by atoms with Crippen molar-refractivity contribution in [2.24, 2.45) is 7.05 Å². The molecule has 0 unspecified atom stereocenters. The van der Waals surface area contributed by atoms with Crippen LogP contribution in [0.5, 0.6) is 0 Å². The number of rotatable bonds is 3. The van der Waals surface area contributed by atoms with Gasteiger partial charge in [-0.05, 0) is 43.7 Å². The van der Waals surface area contributed by atoms with E-state index >= 15 is 0 Å². The lowest BCUT2D eigenvalue weighted by atomic mass is 10.1. The lowest BCUT2D eigenvalue weighted by Crippen LogP contribution is -2.35. The molecule has 1 fully saturated rings. The van der Waals surface area contributed by atoms with E-state index in [0.29, 0.717) is 0 Å². The molecule has 4 nitrogen and oxygen atoms in total. The minimum atomic E-state index is 0.163. The van der Waals surface area contributed by atoms with Gasteiger partial charge < -0.3 is 9.47 Å². The van der Waals surface area contributed by atoms with E-state index in [2.05, 4.69) is 34.6 Å². The zero-order valence-corrected chi connectivity index (χ0v) is 16.3. The topological polar surface area (TPSA) is 28.5 Å². The van der Waals surface area contributed by atoms with E-state index in [-0.39, 0.29) is 5.91 Å². The molecule has 0 N–H and O–H groups in total. The van der Waals surface area contributed by atoms with E-state index in [1.165, 1.54) is 9.75 Å². The Kier molecular flexibility index (Phi) is 4.83. The summed E-state index contributed by atoms with van der Waals surface area (Å²) in [6.07, 6.45) is 3.05. The maximum Gasteiger partial charge on any atom is 0.254 e. The molecule has 1 amide bonds. The highest BCUT2D eigenvalue weighted by Crippen LogP contribution is 2.22. The second-order valence-corrected chi connectivity index (χ2v) is 8.47. The number of hydrogen-bond acceptors (Lipinski definition) is 3. The van der Waals surface area contributed by atoms with Gasteiger partial charge >= 0.3 is 0 Å². The summed E-state index contributed by atoms with van der Waals surface area (Å²) in [5.74, 6) is 0.163. The Morgan fingerprint density at radius 3 is 2.77 bits per heavy atom. The fourth-order valence-electron chi connectivity index (χ4n) is 3.78. The van der Waals surface area contributed by atoms with Crippen LogP contribution in [0.15, 0.2) is 42.6 Å². The van der Waals surface area contributed by atoms with Crippen molar-refractivity contribution >= 4 is 28.1 Å². The zero-order chi connectivity index (χ0) is 18.1. The molecule has 5 heteroatoms. The van der Waals surface area contributed by atoms with Crippen LogP contribution in [0.25, 0.3) is 10.9 Å². The number of fused-ring (bicyclic) bond motifs is 1. The molecular formula is C21H25N3OS. The first-order chi connectivity index (χ1) is 12.6. The summed E-state index contributed by atoms with van der Waals surface area (Å²) < 4.78 is 2.07. The summed E-state index contributed by atoms with van der Waals surface area (Å²) in [4.78, 5) is 20.4. The standard InChI is InChI=1S/C21H25N3OS/c1-16-7-8-17(26-16)15-23-10-4-11-24(14-13-23)21(25)19-5-3-6-20-18(19)9-12-22(20)2/h3,5-9,12H,4,10-11,13-15H2,1-2H3. The Labute approximate surface area is 158 Å². The number of hydrogen-bond donors (Lipinski definition) is 0. The Balaban J connectivity index is 1.47. The average Bonchev–Trinajstić information content (AvgIpc) is 3.13. The van der Waals surface area contributed by atoms with Gasteiger partial charge in [-0.1, -0.05) is 6.07 Å². The van der Waals surface area contributed by atoms with Gasteiger partial charge in [0, 0.05) is 72.2 Å². The highest BCUT2D eigenvalue weighted by Gasteiger charge is 2.22. The number of thiophene rings is 1. The fraction of sp³-hybridized carbons (Fsp3) is 0.381. The minimum Gasteiger partial charge on any atom is -0.351 e. The fourth-order valence-corrected chi connectivity index (χ4v) is 4.71. The number of aromatic nitrogens is 1. The van der Waals surface area contributed by atoms with E-state index in [1.807, 2.05) is 47.7 Å². The summed E-state index contributed by atoms with van der Waals surface area (Å²) in [6, 6.07) is 12.5. The number of aryl methyl sites for hydroxylation is 2. The van der Waals surface area contributed by atoms with Gasteiger partial charge in [-0.3, -0.25) is 9.69 Å². The predicted molar refractivity (Wildman–Crippen MR) is 108 cm³/mol. The van der Waals surface area contributed by atoms with Crippen molar-refractivity contribution in [1.29, 1.82) is 0 Å². The SMILES string of the molecule is Cc1ccc(CN2CCCN(C(=O)c3cccc4c3ccn4C)CC2)s1. The molecule has 0 atom stereocenters. The first-order valence-corrected chi connectivity index (χ1v) is 10.0. The quantitative estimate of drug-likeness (QED) is 0.702. The summed E-state index contributed by atoms with van der Waals surface area (Å²) in [5.41, 5.74) is 1.94. The van der Waals surface area contributed by atoms with E-state index in [1.54, 1.807) is 0 Å². The first-order valence-electron chi connectivity index (χ1n) is 9.23. The lowest BCUT2D eigenvalue weighted by Gasteiger charge is -2.22. The molecule has 0 radical (unpaired) electrons. The molecule has 3 heterocycles. The average molecular weight is 368 g/mol. The van der Waals surface area contributed by atoms with Crippen LogP contribution in [-0.4, -0.2) is 46.5 Å². The molecule has 26 heavy (non-hydrogen) atoms. The summed E-state index contributed by atoms with van der Waals surface area (Å²) in [5, 5.41) is 1.05. The number of benzene rings is 1. The first kappa shape index (κ1) is 17.3. The molecule has 136 valence electrons. The van der Waals surface area contributed by atoms with Crippen molar-refractivity contribution in [1.82, 2.24) is 14.4 Å². The highest BCUT2D eigenvalue weighted by molar-refractivity contribution is 7.11. The zero-order valence-electron chi connectivity index (χ0n) is 15.4.